The van der Waals surface area contributed by atoms with Crippen molar-refractivity contribution in [1.29, 1.82) is 0 Å². The van der Waals surface area contributed by atoms with Gasteiger partial charge in [-0.25, -0.2) is 9.59 Å². The highest BCUT2D eigenvalue weighted by atomic mass is 16.4. The average Bonchev–Trinajstić information content (AvgIpc) is 2.63. The summed E-state index contributed by atoms with van der Waals surface area (Å²) in [5.41, 5.74) is 2.76. The van der Waals surface area contributed by atoms with E-state index < -0.39 is 11.9 Å². The van der Waals surface area contributed by atoms with Crippen molar-refractivity contribution in [2.24, 2.45) is 0 Å². The van der Waals surface area contributed by atoms with Gasteiger partial charge in [0.05, 0.1) is 6.04 Å². The molecule has 0 aromatic heterocycles. The molecule has 0 aliphatic carbocycles. The predicted molar refractivity (Wildman–Crippen MR) is 106 cm³/mol. The van der Waals surface area contributed by atoms with Crippen LogP contribution in [0.25, 0.3) is 0 Å². The lowest BCUT2D eigenvalue weighted by Gasteiger charge is -2.37. The molecule has 1 aromatic rings. The molecule has 1 unspecified atom stereocenters. The SMILES string of the molecule is Cc1ccccc1CN1CCN(C(C)C(=O)NC(C)C)CC1.O=C(O)C(=O)O. The van der Waals surface area contributed by atoms with Gasteiger partial charge in [0.1, 0.15) is 0 Å². The number of hydrogen-bond donors (Lipinski definition) is 3. The molecule has 1 saturated heterocycles. The summed E-state index contributed by atoms with van der Waals surface area (Å²) in [5.74, 6) is -3.51. The monoisotopic (exact) mass is 393 g/mol. The normalized spacial score (nSPS) is 16.0. The van der Waals surface area contributed by atoms with Crippen LogP contribution in [-0.2, 0) is 20.9 Å². The molecule has 2 rings (SSSR count). The fourth-order valence-corrected chi connectivity index (χ4v) is 2.91. The number of aryl methyl sites for hydroxylation is 1. The van der Waals surface area contributed by atoms with Crippen LogP contribution in [0.15, 0.2) is 24.3 Å². The van der Waals surface area contributed by atoms with Gasteiger partial charge >= 0.3 is 11.9 Å². The van der Waals surface area contributed by atoms with Crippen molar-refractivity contribution in [1.82, 2.24) is 15.1 Å². The fraction of sp³-hybridized carbons (Fsp3) is 0.550. The highest BCUT2D eigenvalue weighted by Crippen LogP contribution is 2.13. The van der Waals surface area contributed by atoms with Crippen molar-refractivity contribution in [2.75, 3.05) is 26.2 Å². The Morgan fingerprint density at radius 2 is 1.54 bits per heavy atom. The van der Waals surface area contributed by atoms with Crippen LogP contribution in [0.3, 0.4) is 0 Å². The Morgan fingerprint density at radius 1 is 1.00 bits per heavy atom. The number of rotatable bonds is 5. The number of carbonyl (C=O) groups is 3. The average molecular weight is 393 g/mol. The molecule has 8 nitrogen and oxygen atoms in total. The van der Waals surface area contributed by atoms with Crippen LogP contribution in [-0.4, -0.2) is 76.1 Å². The van der Waals surface area contributed by atoms with Crippen molar-refractivity contribution in [3.05, 3.63) is 35.4 Å². The number of aliphatic carboxylic acids is 2. The molecule has 8 heteroatoms. The first kappa shape index (κ1) is 23.6. The molecule has 1 heterocycles. The topological polar surface area (TPSA) is 110 Å². The van der Waals surface area contributed by atoms with E-state index in [1.165, 1.54) is 11.1 Å². The Bertz CT molecular complexity index is 658. The molecule has 0 radical (unpaired) electrons. The molecule has 1 aliphatic heterocycles. The predicted octanol–water partition coefficient (Wildman–Crippen LogP) is 1.18. The summed E-state index contributed by atoms with van der Waals surface area (Å²) in [7, 11) is 0. The van der Waals surface area contributed by atoms with E-state index in [4.69, 9.17) is 19.8 Å². The van der Waals surface area contributed by atoms with E-state index in [0.29, 0.717) is 0 Å². The summed E-state index contributed by atoms with van der Waals surface area (Å²) in [6.07, 6.45) is 0. The van der Waals surface area contributed by atoms with Gasteiger partial charge < -0.3 is 15.5 Å². The van der Waals surface area contributed by atoms with Crippen LogP contribution >= 0.6 is 0 Å². The lowest BCUT2D eigenvalue weighted by Crippen LogP contribution is -2.54. The number of carbonyl (C=O) groups excluding carboxylic acids is 1. The van der Waals surface area contributed by atoms with Gasteiger partial charge in [0.15, 0.2) is 0 Å². The Hall–Kier alpha value is -2.45. The van der Waals surface area contributed by atoms with E-state index in [2.05, 4.69) is 46.3 Å². The maximum absolute atomic E-state index is 12.1. The maximum atomic E-state index is 12.1. The molecule has 28 heavy (non-hydrogen) atoms. The quantitative estimate of drug-likeness (QED) is 0.644. The molecule has 1 aliphatic rings. The number of amides is 1. The van der Waals surface area contributed by atoms with Crippen molar-refractivity contribution >= 4 is 17.8 Å². The van der Waals surface area contributed by atoms with E-state index in [-0.39, 0.29) is 18.0 Å². The summed E-state index contributed by atoms with van der Waals surface area (Å²) in [5, 5.41) is 17.8. The van der Waals surface area contributed by atoms with Crippen LogP contribution in [0, 0.1) is 6.92 Å². The third-order valence-corrected chi connectivity index (χ3v) is 4.60. The zero-order chi connectivity index (χ0) is 21.3. The zero-order valence-electron chi connectivity index (χ0n) is 17.0. The molecule has 1 aromatic carbocycles. The Morgan fingerprint density at radius 3 is 2.00 bits per heavy atom. The second-order valence-electron chi connectivity index (χ2n) is 7.19. The minimum atomic E-state index is -1.82. The fourth-order valence-electron chi connectivity index (χ4n) is 2.91. The van der Waals surface area contributed by atoms with Crippen LogP contribution < -0.4 is 5.32 Å². The number of carboxylic acids is 2. The molecule has 0 bridgehead atoms. The first-order valence-electron chi connectivity index (χ1n) is 9.39. The van der Waals surface area contributed by atoms with Crippen LogP contribution in [0.4, 0.5) is 0 Å². The maximum Gasteiger partial charge on any atom is 0.414 e. The summed E-state index contributed by atoms with van der Waals surface area (Å²) in [4.78, 5) is 35.1. The van der Waals surface area contributed by atoms with Crippen molar-refractivity contribution in [3.8, 4) is 0 Å². The first-order valence-corrected chi connectivity index (χ1v) is 9.39. The number of nitrogens with one attached hydrogen (secondary N) is 1. The summed E-state index contributed by atoms with van der Waals surface area (Å²) in [6, 6.07) is 8.74. The Labute approximate surface area is 166 Å². The minimum absolute atomic E-state index is 0.0389. The van der Waals surface area contributed by atoms with E-state index >= 15 is 0 Å². The standard InChI is InChI=1S/C18H29N3O.C2H2O4/c1-14(2)19-18(22)16(4)21-11-9-20(10-12-21)13-17-8-6-5-7-15(17)3;3-1(4)2(5)6/h5-8,14,16H,9-13H2,1-4H3,(H,19,22);(H,3,4)(H,5,6). The molecular formula is C20H31N3O5. The Kier molecular flexibility index (Phi) is 9.61. The van der Waals surface area contributed by atoms with E-state index in [0.717, 1.165) is 32.7 Å². The van der Waals surface area contributed by atoms with Gasteiger partial charge in [-0.2, -0.15) is 0 Å². The summed E-state index contributed by atoms with van der Waals surface area (Å²) in [6.45, 7) is 13.2. The van der Waals surface area contributed by atoms with Crippen LogP contribution in [0.1, 0.15) is 31.9 Å². The van der Waals surface area contributed by atoms with Gasteiger partial charge in [-0.05, 0) is 38.8 Å². The largest absolute Gasteiger partial charge is 0.473 e. The lowest BCUT2D eigenvalue weighted by molar-refractivity contribution is -0.159. The Balaban J connectivity index is 0.000000568. The second-order valence-corrected chi connectivity index (χ2v) is 7.19. The lowest BCUT2D eigenvalue weighted by atomic mass is 10.1. The molecule has 1 amide bonds. The molecule has 1 fully saturated rings. The number of carboxylic acid groups (broad SMARTS) is 2. The number of piperazine rings is 1. The summed E-state index contributed by atoms with van der Waals surface area (Å²) < 4.78 is 0. The van der Waals surface area contributed by atoms with Crippen molar-refractivity contribution in [3.63, 3.8) is 0 Å². The highest BCUT2D eigenvalue weighted by Gasteiger charge is 2.25. The van der Waals surface area contributed by atoms with Crippen LogP contribution in [0.5, 0.6) is 0 Å². The van der Waals surface area contributed by atoms with E-state index in [1.807, 2.05) is 20.8 Å². The molecule has 3 N–H and O–H groups in total. The van der Waals surface area contributed by atoms with E-state index in [9.17, 15) is 4.79 Å². The van der Waals surface area contributed by atoms with Gasteiger partial charge in [-0.3, -0.25) is 14.6 Å². The molecule has 0 spiro atoms. The molecular weight excluding hydrogens is 362 g/mol. The van der Waals surface area contributed by atoms with Gasteiger partial charge in [0, 0.05) is 38.8 Å². The third-order valence-electron chi connectivity index (χ3n) is 4.60. The van der Waals surface area contributed by atoms with Crippen LogP contribution in [0.2, 0.25) is 0 Å². The van der Waals surface area contributed by atoms with Gasteiger partial charge in [-0.1, -0.05) is 24.3 Å². The highest BCUT2D eigenvalue weighted by molar-refractivity contribution is 6.27. The number of benzene rings is 1. The number of nitrogens with zero attached hydrogens (tertiary/aromatic N) is 2. The molecule has 1 atom stereocenters. The third kappa shape index (κ3) is 8.06. The molecule has 0 saturated carbocycles. The van der Waals surface area contributed by atoms with E-state index in [1.54, 1.807) is 0 Å². The van der Waals surface area contributed by atoms with Crippen molar-refractivity contribution in [2.45, 2.75) is 46.3 Å². The number of hydrogen-bond acceptors (Lipinski definition) is 5. The minimum Gasteiger partial charge on any atom is -0.473 e. The van der Waals surface area contributed by atoms with Crippen molar-refractivity contribution < 1.29 is 24.6 Å². The smallest absolute Gasteiger partial charge is 0.414 e. The second kappa shape index (κ2) is 11.4. The first-order chi connectivity index (χ1) is 13.1. The van der Waals surface area contributed by atoms with Gasteiger partial charge in [0.25, 0.3) is 0 Å². The zero-order valence-corrected chi connectivity index (χ0v) is 17.0. The van der Waals surface area contributed by atoms with Gasteiger partial charge in [0.2, 0.25) is 5.91 Å². The van der Waals surface area contributed by atoms with Gasteiger partial charge in [-0.15, -0.1) is 0 Å². The summed E-state index contributed by atoms with van der Waals surface area (Å²) >= 11 is 0. The molecule has 156 valence electrons.